The number of fused-ring (bicyclic) bond motifs is 1. The number of aliphatic hydroxyl groups excluding tert-OH is 1. The molecule has 0 radical (unpaired) electrons. The van der Waals surface area contributed by atoms with Gasteiger partial charge in [0.1, 0.15) is 0 Å². The van der Waals surface area contributed by atoms with Crippen LogP contribution in [0.4, 0.5) is 0 Å². The Bertz CT molecular complexity index is 700. The summed E-state index contributed by atoms with van der Waals surface area (Å²) in [7, 11) is 0. The molecule has 3 fully saturated rings. The smallest absolute Gasteiger partial charge is 0.253 e. The first-order valence-corrected chi connectivity index (χ1v) is 10.2. The van der Waals surface area contributed by atoms with Crippen molar-refractivity contribution in [2.45, 2.75) is 57.1 Å². The fraction of sp³-hybridized carbons (Fsp3) is 0.619. The summed E-state index contributed by atoms with van der Waals surface area (Å²) in [4.78, 5) is 26.8. The van der Waals surface area contributed by atoms with E-state index in [-0.39, 0.29) is 29.9 Å². The molecule has 0 bridgehead atoms. The van der Waals surface area contributed by atoms with Gasteiger partial charge in [-0.1, -0.05) is 25.0 Å². The summed E-state index contributed by atoms with van der Waals surface area (Å²) in [6, 6.07) is 8.08. The molecule has 0 aromatic heterocycles. The Labute approximate surface area is 160 Å². The van der Waals surface area contributed by atoms with Crippen LogP contribution in [0.1, 0.15) is 54.4 Å². The summed E-state index contributed by atoms with van der Waals surface area (Å²) in [6.45, 7) is 1.23. The molecule has 1 saturated carbocycles. The molecule has 146 valence electrons. The third kappa shape index (κ3) is 4.01. The molecule has 2 saturated heterocycles. The van der Waals surface area contributed by atoms with Crippen LogP contribution in [-0.4, -0.2) is 47.1 Å². The van der Waals surface area contributed by atoms with E-state index in [2.05, 4.69) is 16.9 Å². The molecule has 1 aromatic rings. The van der Waals surface area contributed by atoms with E-state index in [1.54, 1.807) is 0 Å². The molecule has 0 spiro atoms. The molecule has 1 aromatic carbocycles. The van der Waals surface area contributed by atoms with Crippen molar-refractivity contribution in [3.63, 3.8) is 0 Å². The maximum atomic E-state index is 12.8. The van der Waals surface area contributed by atoms with Gasteiger partial charge in [0.15, 0.2) is 0 Å². The van der Waals surface area contributed by atoms with Crippen molar-refractivity contribution < 1.29 is 14.7 Å². The normalized spacial score (nSPS) is 29.1. The molecule has 2 heterocycles. The maximum Gasteiger partial charge on any atom is 0.253 e. The molecule has 3 unspecified atom stereocenters. The average Bonchev–Trinajstić information content (AvgIpc) is 2.71. The highest BCUT2D eigenvalue weighted by Crippen LogP contribution is 2.35. The lowest BCUT2D eigenvalue weighted by molar-refractivity contribution is -0.133. The largest absolute Gasteiger partial charge is 0.393 e. The van der Waals surface area contributed by atoms with Crippen molar-refractivity contribution in [1.82, 2.24) is 15.8 Å². The number of hydrazine groups is 1. The first-order chi connectivity index (χ1) is 13.1. The van der Waals surface area contributed by atoms with Crippen molar-refractivity contribution in [2.75, 3.05) is 13.1 Å². The predicted octanol–water partition coefficient (Wildman–Crippen LogP) is 1.64. The number of rotatable bonds is 3. The molecule has 6 heteroatoms. The van der Waals surface area contributed by atoms with Crippen molar-refractivity contribution >= 4 is 11.8 Å². The monoisotopic (exact) mass is 371 g/mol. The number of carbonyl (C=O) groups excluding carboxylic acids is 2. The van der Waals surface area contributed by atoms with Gasteiger partial charge in [-0.2, -0.15) is 0 Å². The predicted molar refractivity (Wildman–Crippen MR) is 102 cm³/mol. The number of hydrogen-bond donors (Lipinski definition) is 3. The van der Waals surface area contributed by atoms with E-state index >= 15 is 0 Å². The van der Waals surface area contributed by atoms with E-state index in [9.17, 15) is 14.7 Å². The lowest BCUT2D eigenvalue weighted by Gasteiger charge is -2.41. The van der Waals surface area contributed by atoms with Crippen molar-refractivity contribution in [3.05, 3.63) is 35.4 Å². The zero-order valence-electron chi connectivity index (χ0n) is 15.7. The minimum atomic E-state index is -0.281. The Morgan fingerprint density at radius 1 is 1.15 bits per heavy atom. The second-order valence-corrected chi connectivity index (χ2v) is 8.22. The minimum Gasteiger partial charge on any atom is -0.393 e. The lowest BCUT2D eigenvalue weighted by Crippen LogP contribution is -2.60. The van der Waals surface area contributed by atoms with Gasteiger partial charge in [-0.15, -0.1) is 0 Å². The van der Waals surface area contributed by atoms with Gasteiger partial charge in [-0.25, -0.2) is 5.43 Å². The highest BCUT2D eigenvalue weighted by atomic mass is 16.3. The molecule has 4 rings (SSSR count). The summed E-state index contributed by atoms with van der Waals surface area (Å²) >= 11 is 0. The average molecular weight is 371 g/mol. The summed E-state index contributed by atoms with van der Waals surface area (Å²) in [6.07, 6.45) is 6.22. The molecule has 2 aliphatic heterocycles. The van der Waals surface area contributed by atoms with Gasteiger partial charge in [0.2, 0.25) is 5.91 Å². The van der Waals surface area contributed by atoms with Crippen LogP contribution in [0.3, 0.4) is 0 Å². The van der Waals surface area contributed by atoms with Crippen LogP contribution in [0.2, 0.25) is 0 Å². The molecule has 2 amide bonds. The number of nitrogens with one attached hydrogen (secondary N) is 2. The number of piperidine rings is 1. The zero-order chi connectivity index (χ0) is 18.8. The number of nitrogens with zero attached hydrogens (tertiary/aromatic N) is 1. The van der Waals surface area contributed by atoms with Crippen molar-refractivity contribution in [2.24, 2.45) is 11.8 Å². The second kappa shape index (κ2) is 7.98. The van der Waals surface area contributed by atoms with Crippen LogP contribution in [0, 0.1) is 11.8 Å². The number of amides is 2. The Kier molecular flexibility index (Phi) is 5.45. The molecule has 6 nitrogen and oxygen atoms in total. The standard InChI is InChI=1S/C21H29N3O3/c25-16-8-10-24(11-9-16)21(27)15-5-3-4-14(12-15)13-19-17-6-1-2-7-18(17)20(26)23-22-19/h3-5,12,16-19,22,25H,1-2,6-11,13H2,(H,23,26). The lowest BCUT2D eigenvalue weighted by atomic mass is 9.72. The van der Waals surface area contributed by atoms with Gasteiger partial charge in [0.05, 0.1) is 6.10 Å². The van der Waals surface area contributed by atoms with Gasteiger partial charge in [-0.05, 0) is 55.7 Å². The van der Waals surface area contributed by atoms with Gasteiger partial charge < -0.3 is 10.0 Å². The molecule has 27 heavy (non-hydrogen) atoms. The fourth-order valence-corrected chi connectivity index (χ4v) is 4.87. The topological polar surface area (TPSA) is 81.7 Å². The Hall–Kier alpha value is -1.92. The van der Waals surface area contributed by atoms with Crippen LogP contribution < -0.4 is 10.9 Å². The van der Waals surface area contributed by atoms with Gasteiger partial charge in [-0.3, -0.25) is 15.0 Å². The number of benzene rings is 1. The second-order valence-electron chi connectivity index (χ2n) is 8.22. The fourth-order valence-electron chi connectivity index (χ4n) is 4.87. The van der Waals surface area contributed by atoms with Crippen LogP contribution in [0.25, 0.3) is 0 Å². The molecule has 3 atom stereocenters. The van der Waals surface area contributed by atoms with Crippen LogP contribution in [0.5, 0.6) is 0 Å². The summed E-state index contributed by atoms with van der Waals surface area (Å²) in [5.74, 6) is 0.668. The molecule has 3 aliphatic rings. The van der Waals surface area contributed by atoms with Gasteiger partial charge in [0.25, 0.3) is 5.91 Å². The third-order valence-electron chi connectivity index (χ3n) is 6.44. The zero-order valence-corrected chi connectivity index (χ0v) is 15.7. The number of likely N-dealkylation sites (tertiary alicyclic amines) is 1. The number of aliphatic hydroxyl groups is 1. The first kappa shape index (κ1) is 18.4. The molecular weight excluding hydrogens is 342 g/mol. The Balaban J connectivity index is 1.44. The number of carbonyl (C=O) groups is 2. The van der Waals surface area contributed by atoms with Crippen molar-refractivity contribution in [1.29, 1.82) is 0 Å². The highest BCUT2D eigenvalue weighted by Gasteiger charge is 2.39. The molecule has 1 aliphatic carbocycles. The van der Waals surface area contributed by atoms with Gasteiger partial charge >= 0.3 is 0 Å². The molecular formula is C21H29N3O3. The quantitative estimate of drug-likeness (QED) is 0.754. The maximum absolute atomic E-state index is 12.8. The highest BCUT2D eigenvalue weighted by molar-refractivity contribution is 5.94. The van der Waals surface area contributed by atoms with Crippen LogP contribution in [-0.2, 0) is 11.2 Å². The van der Waals surface area contributed by atoms with E-state index in [1.165, 1.54) is 6.42 Å². The van der Waals surface area contributed by atoms with Gasteiger partial charge in [0, 0.05) is 30.6 Å². The first-order valence-electron chi connectivity index (χ1n) is 10.2. The van der Waals surface area contributed by atoms with E-state index < -0.39 is 0 Å². The van der Waals surface area contributed by atoms with Crippen LogP contribution >= 0.6 is 0 Å². The number of hydrogen-bond acceptors (Lipinski definition) is 4. The summed E-state index contributed by atoms with van der Waals surface area (Å²) < 4.78 is 0. The third-order valence-corrected chi connectivity index (χ3v) is 6.44. The van der Waals surface area contributed by atoms with E-state index in [1.807, 2.05) is 23.1 Å². The summed E-state index contributed by atoms with van der Waals surface area (Å²) in [5, 5.41) is 9.64. The molecule has 3 N–H and O–H groups in total. The van der Waals surface area contributed by atoms with Crippen LogP contribution in [0.15, 0.2) is 24.3 Å². The van der Waals surface area contributed by atoms with E-state index in [0.29, 0.717) is 37.4 Å². The SMILES string of the molecule is O=C1NNC(Cc2cccc(C(=O)N3CCC(O)CC3)c2)C2CCCCC12. The van der Waals surface area contributed by atoms with Crippen molar-refractivity contribution in [3.8, 4) is 0 Å². The Morgan fingerprint density at radius 3 is 2.74 bits per heavy atom. The summed E-state index contributed by atoms with van der Waals surface area (Å²) in [5.41, 5.74) is 7.90. The van der Waals surface area contributed by atoms with E-state index in [4.69, 9.17) is 0 Å². The Morgan fingerprint density at radius 2 is 1.93 bits per heavy atom. The van der Waals surface area contributed by atoms with E-state index in [0.717, 1.165) is 31.2 Å². The minimum absolute atomic E-state index is 0.0456.